The van der Waals surface area contributed by atoms with Gasteiger partial charge in [-0.3, -0.25) is 0 Å². The third-order valence-electron chi connectivity index (χ3n) is 5.42. The van der Waals surface area contributed by atoms with Crippen LogP contribution in [0.5, 0.6) is 0 Å². The molecule has 0 unspecified atom stereocenters. The summed E-state index contributed by atoms with van der Waals surface area (Å²) in [6.07, 6.45) is 7.81. The molecule has 0 saturated heterocycles. The van der Waals surface area contributed by atoms with Crippen molar-refractivity contribution in [3.05, 3.63) is 70.9 Å². The molecule has 34 heavy (non-hydrogen) atoms. The summed E-state index contributed by atoms with van der Waals surface area (Å²) < 4.78 is 8.35. The standard InChI is InChI=1S/C7H13N2.2C6H10N2.C5H8N2.2CH4/c1-6-5-8(3)7(2)9(6)4;1-5-4-8(3)6(2)7-5;1-5-4-7-6(2)8(5)3;1-4-3-6-5(2)7-4;;/h5H,1-4H3;2*4H,1-3H3;3H,1-2H3,(H,6,7);2*1H4/q+1;;;;;. The van der Waals surface area contributed by atoms with E-state index in [0.29, 0.717) is 0 Å². The summed E-state index contributed by atoms with van der Waals surface area (Å²) in [5.74, 6) is 4.41. The van der Waals surface area contributed by atoms with Gasteiger partial charge in [-0.1, -0.05) is 14.9 Å². The minimum atomic E-state index is 0. The SMILES string of the molecule is C.C.Cc1c[n+](C)c(C)n1C.Cc1cn(C)c(C)n1.Cc1cnc(C)[nH]1.Cc1cnc(C)n1C. The second-order valence-electron chi connectivity index (χ2n) is 8.19. The van der Waals surface area contributed by atoms with Gasteiger partial charge in [-0.15, -0.1) is 0 Å². The van der Waals surface area contributed by atoms with Crippen molar-refractivity contribution in [1.29, 1.82) is 0 Å². The molecule has 4 aromatic rings. The molecule has 4 heterocycles. The number of nitrogens with zero attached hydrogens (tertiary/aromatic N) is 7. The Balaban J connectivity index is 0. The van der Waals surface area contributed by atoms with E-state index in [9.17, 15) is 0 Å². The lowest BCUT2D eigenvalue weighted by Gasteiger charge is -1.93. The van der Waals surface area contributed by atoms with E-state index in [1.165, 1.54) is 17.2 Å². The summed E-state index contributed by atoms with van der Waals surface area (Å²) >= 11 is 0. The maximum Gasteiger partial charge on any atom is 0.253 e. The molecule has 0 fully saturated rings. The van der Waals surface area contributed by atoms with Crippen molar-refractivity contribution in [3.63, 3.8) is 0 Å². The zero-order valence-corrected chi connectivity index (χ0v) is 21.9. The highest BCUT2D eigenvalue weighted by molar-refractivity contribution is 5.00. The minimum Gasteiger partial charge on any atom is -0.346 e. The Morgan fingerprint density at radius 3 is 1.47 bits per heavy atom. The summed E-state index contributed by atoms with van der Waals surface area (Å²) in [5, 5.41) is 0. The van der Waals surface area contributed by atoms with Crippen LogP contribution in [-0.2, 0) is 28.2 Å². The molecule has 0 aliphatic heterocycles. The van der Waals surface area contributed by atoms with Crippen LogP contribution in [0, 0.1) is 55.4 Å². The number of hydrogen-bond acceptors (Lipinski definition) is 3. The number of aryl methyl sites for hydroxylation is 9. The molecule has 1 N–H and O–H groups in total. The van der Waals surface area contributed by atoms with Crippen molar-refractivity contribution in [1.82, 2.24) is 33.6 Å². The van der Waals surface area contributed by atoms with Crippen molar-refractivity contribution < 1.29 is 4.57 Å². The van der Waals surface area contributed by atoms with E-state index in [-0.39, 0.29) is 14.9 Å². The van der Waals surface area contributed by atoms with E-state index in [4.69, 9.17) is 0 Å². The number of aromatic nitrogens is 8. The molecule has 0 bridgehead atoms. The van der Waals surface area contributed by atoms with Gasteiger partial charge < -0.3 is 14.1 Å². The highest BCUT2D eigenvalue weighted by Crippen LogP contribution is 1.97. The molecule has 8 nitrogen and oxygen atoms in total. The fraction of sp³-hybridized carbons (Fsp3) is 0.538. The average Bonchev–Trinajstić information content (AvgIpc) is 3.40. The van der Waals surface area contributed by atoms with E-state index in [1.54, 1.807) is 0 Å². The van der Waals surface area contributed by atoms with Gasteiger partial charge in [-0.05, 0) is 41.5 Å². The second-order valence-corrected chi connectivity index (χ2v) is 8.19. The number of aromatic amines is 1. The Hall–Kier alpha value is -3.16. The van der Waals surface area contributed by atoms with Crippen molar-refractivity contribution in [2.24, 2.45) is 28.2 Å². The lowest BCUT2D eigenvalue weighted by atomic mass is 10.5. The van der Waals surface area contributed by atoms with E-state index in [2.05, 4.69) is 67.8 Å². The molecular weight excluding hydrogens is 424 g/mol. The first-order chi connectivity index (χ1) is 14.8. The van der Waals surface area contributed by atoms with Crippen LogP contribution in [0.4, 0.5) is 0 Å². The van der Waals surface area contributed by atoms with Gasteiger partial charge in [0.05, 0.1) is 19.8 Å². The van der Waals surface area contributed by atoms with Crippen LogP contribution in [0.25, 0.3) is 0 Å². The number of H-pyrrole nitrogens is 1. The lowest BCUT2D eigenvalue weighted by Crippen LogP contribution is -2.29. The lowest BCUT2D eigenvalue weighted by molar-refractivity contribution is -0.677. The molecule has 8 heteroatoms. The Labute approximate surface area is 207 Å². The Kier molecular flexibility index (Phi) is 14.4. The van der Waals surface area contributed by atoms with E-state index in [0.717, 1.165) is 28.9 Å². The van der Waals surface area contributed by atoms with Crippen LogP contribution in [0.2, 0.25) is 0 Å². The largest absolute Gasteiger partial charge is 0.346 e. The summed E-state index contributed by atoms with van der Waals surface area (Å²) in [4.78, 5) is 15.2. The van der Waals surface area contributed by atoms with Gasteiger partial charge in [0.2, 0.25) is 0 Å². The topological polar surface area (TPSA) is 73.1 Å². The number of imidazole rings is 4. The van der Waals surface area contributed by atoms with E-state index < -0.39 is 0 Å². The first-order valence-corrected chi connectivity index (χ1v) is 10.7. The van der Waals surface area contributed by atoms with E-state index >= 15 is 0 Å². The molecule has 4 rings (SSSR count). The van der Waals surface area contributed by atoms with Crippen LogP contribution in [0.3, 0.4) is 0 Å². The third kappa shape index (κ3) is 10.2. The summed E-state index contributed by atoms with van der Waals surface area (Å²) in [7, 11) is 8.14. The Morgan fingerprint density at radius 2 is 1.35 bits per heavy atom. The fourth-order valence-electron chi connectivity index (χ4n) is 2.85. The van der Waals surface area contributed by atoms with E-state index in [1.807, 2.05) is 78.8 Å². The van der Waals surface area contributed by atoms with Crippen molar-refractivity contribution >= 4 is 0 Å². The summed E-state index contributed by atoms with van der Waals surface area (Å²) in [6.45, 7) is 16.2. The van der Waals surface area contributed by atoms with Crippen molar-refractivity contribution in [2.75, 3.05) is 0 Å². The molecule has 0 radical (unpaired) electrons. The normalized spacial score (nSPS) is 9.29. The number of rotatable bonds is 0. The zero-order valence-electron chi connectivity index (χ0n) is 21.9. The van der Waals surface area contributed by atoms with Crippen LogP contribution in [0.1, 0.15) is 60.9 Å². The van der Waals surface area contributed by atoms with Gasteiger partial charge in [0.25, 0.3) is 5.82 Å². The molecule has 0 aliphatic rings. The predicted molar refractivity (Wildman–Crippen MR) is 143 cm³/mol. The van der Waals surface area contributed by atoms with Gasteiger partial charge in [-0.25, -0.2) is 24.1 Å². The van der Waals surface area contributed by atoms with Gasteiger partial charge in [-0.2, -0.15) is 0 Å². The monoisotopic (exact) mass is 473 g/mol. The van der Waals surface area contributed by atoms with Gasteiger partial charge in [0, 0.05) is 57.9 Å². The van der Waals surface area contributed by atoms with Gasteiger partial charge in [0.1, 0.15) is 29.4 Å². The Morgan fingerprint density at radius 1 is 0.765 bits per heavy atom. The molecule has 0 amide bonds. The average molecular weight is 474 g/mol. The first-order valence-electron chi connectivity index (χ1n) is 10.7. The number of hydrogen-bond donors (Lipinski definition) is 1. The summed E-state index contributed by atoms with van der Waals surface area (Å²) in [6, 6.07) is 0. The van der Waals surface area contributed by atoms with Crippen LogP contribution < -0.4 is 4.57 Å². The van der Waals surface area contributed by atoms with Crippen LogP contribution in [-0.4, -0.2) is 33.6 Å². The zero-order chi connectivity index (χ0) is 24.6. The first kappa shape index (κ1) is 33.0. The van der Waals surface area contributed by atoms with Crippen LogP contribution >= 0.6 is 0 Å². The van der Waals surface area contributed by atoms with Crippen molar-refractivity contribution in [2.45, 2.75) is 70.2 Å². The highest BCUT2D eigenvalue weighted by atomic mass is 15.1. The second kappa shape index (κ2) is 14.9. The Bertz CT molecular complexity index is 1030. The summed E-state index contributed by atoms with van der Waals surface area (Å²) in [5.41, 5.74) is 4.72. The van der Waals surface area contributed by atoms with Gasteiger partial charge in [0.15, 0.2) is 0 Å². The van der Waals surface area contributed by atoms with Gasteiger partial charge >= 0.3 is 0 Å². The maximum atomic E-state index is 4.17. The molecule has 4 aromatic heterocycles. The van der Waals surface area contributed by atoms with Crippen molar-refractivity contribution in [3.8, 4) is 0 Å². The predicted octanol–water partition coefficient (Wildman–Crippen LogP) is 4.84. The molecule has 0 aliphatic carbocycles. The highest BCUT2D eigenvalue weighted by Gasteiger charge is 2.07. The minimum absolute atomic E-state index is 0. The molecule has 0 saturated carbocycles. The maximum absolute atomic E-state index is 4.17. The molecule has 192 valence electrons. The quantitative estimate of drug-likeness (QED) is 0.371. The molecule has 0 spiro atoms. The fourth-order valence-corrected chi connectivity index (χ4v) is 2.85. The number of nitrogens with one attached hydrogen (secondary N) is 1. The molecule has 0 aromatic carbocycles. The molecular formula is C26H49N8+. The third-order valence-corrected chi connectivity index (χ3v) is 5.42. The molecule has 0 atom stereocenters. The van der Waals surface area contributed by atoms with Crippen LogP contribution in [0.15, 0.2) is 24.8 Å². The smallest absolute Gasteiger partial charge is 0.253 e.